The predicted molar refractivity (Wildman–Crippen MR) is 57.4 cm³/mol. The predicted octanol–water partition coefficient (Wildman–Crippen LogP) is 2.35. The summed E-state index contributed by atoms with van der Waals surface area (Å²) in [6.07, 6.45) is 1.56. The van der Waals surface area contributed by atoms with Crippen molar-refractivity contribution in [2.75, 3.05) is 0 Å². The van der Waals surface area contributed by atoms with E-state index in [-0.39, 0.29) is 5.76 Å². The zero-order valence-electron chi connectivity index (χ0n) is 8.36. The van der Waals surface area contributed by atoms with Gasteiger partial charge in [0.1, 0.15) is 0 Å². The second-order valence-electron chi connectivity index (χ2n) is 3.33. The van der Waals surface area contributed by atoms with Gasteiger partial charge in [-0.05, 0) is 12.5 Å². The third-order valence-electron chi connectivity index (χ3n) is 2.35. The van der Waals surface area contributed by atoms with Crippen molar-refractivity contribution in [3.05, 3.63) is 47.9 Å². The van der Waals surface area contributed by atoms with Crippen LogP contribution in [0.1, 0.15) is 16.1 Å². The van der Waals surface area contributed by atoms with Gasteiger partial charge in [0.25, 0.3) is 5.91 Å². The molecular formula is C12H11NO2. The molecule has 1 heterocycles. The van der Waals surface area contributed by atoms with Crippen LogP contribution < -0.4 is 5.73 Å². The molecule has 2 N–H and O–H groups in total. The minimum atomic E-state index is -0.533. The van der Waals surface area contributed by atoms with Crippen molar-refractivity contribution in [2.24, 2.45) is 5.73 Å². The molecule has 1 amide bonds. The van der Waals surface area contributed by atoms with Crippen LogP contribution in [0.5, 0.6) is 0 Å². The first kappa shape index (κ1) is 9.52. The standard InChI is InChI=1S/C12H11NO2/c1-8-10(7-15-11(8)12(13)14)9-5-3-2-4-6-9/h2-7H,1H3,(H2,13,14). The largest absolute Gasteiger partial charge is 0.458 e. The Kier molecular flexibility index (Phi) is 2.29. The smallest absolute Gasteiger partial charge is 0.284 e. The maximum absolute atomic E-state index is 11.0. The van der Waals surface area contributed by atoms with E-state index in [2.05, 4.69) is 0 Å². The van der Waals surface area contributed by atoms with Gasteiger partial charge in [0.15, 0.2) is 5.76 Å². The quantitative estimate of drug-likeness (QED) is 0.810. The summed E-state index contributed by atoms with van der Waals surface area (Å²) in [7, 11) is 0. The normalized spacial score (nSPS) is 10.2. The highest BCUT2D eigenvalue weighted by Gasteiger charge is 2.14. The Morgan fingerprint density at radius 1 is 1.27 bits per heavy atom. The summed E-state index contributed by atoms with van der Waals surface area (Å²) in [5.41, 5.74) is 7.89. The van der Waals surface area contributed by atoms with E-state index in [1.165, 1.54) is 0 Å². The van der Waals surface area contributed by atoms with Crippen LogP contribution in [0.2, 0.25) is 0 Å². The van der Waals surface area contributed by atoms with Crippen LogP contribution in [0, 0.1) is 6.92 Å². The van der Waals surface area contributed by atoms with Gasteiger partial charge in [-0.2, -0.15) is 0 Å². The Morgan fingerprint density at radius 2 is 1.93 bits per heavy atom. The maximum Gasteiger partial charge on any atom is 0.284 e. The average molecular weight is 201 g/mol. The number of benzene rings is 1. The van der Waals surface area contributed by atoms with Gasteiger partial charge in [-0.15, -0.1) is 0 Å². The molecule has 2 rings (SSSR count). The molecule has 0 bridgehead atoms. The molecule has 0 fully saturated rings. The number of hydrogen-bond donors (Lipinski definition) is 1. The molecule has 3 nitrogen and oxygen atoms in total. The molecule has 3 heteroatoms. The molecule has 0 aliphatic rings. The molecule has 0 saturated carbocycles. The van der Waals surface area contributed by atoms with Crippen molar-refractivity contribution in [1.82, 2.24) is 0 Å². The van der Waals surface area contributed by atoms with Crippen molar-refractivity contribution >= 4 is 5.91 Å². The summed E-state index contributed by atoms with van der Waals surface area (Å²) >= 11 is 0. The molecule has 0 aliphatic heterocycles. The Hall–Kier alpha value is -2.03. The second-order valence-corrected chi connectivity index (χ2v) is 3.33. The number of carbonyl (C=O) groups is 1. The van der Waals surface area contributed by atoms with E-state index in [0.717, 1.165) is 16.7 Å². The zero-order chi connectivity index (χ0) is 10.8. The van der Waals surface area contributed by atoms with Gasteiger partial charge in [-0.3, -0.25) is 4.79 Å². The highest BCUT2D eigenvalue weighted by molar-refractivity contribution is 5.93. The van der Waals surface area contributed by atoms with Crippen LogP contribution in [-0.4, -0.2) is 5.91 Å². The summed E-state index contributed by atoms with van der Waals surface area (Å²) in [6, 6.07) is 9.73. The molecule has 0 radical (unpaired) electrons. The van der Waals surface area contributed by atoms with Gasteiger partial charge in [0, 0.05) is 11.1 Å². The van der Waals surface area contributed by atoms with E-state index in [1.54, 1.807) is 6.26 Å². The lowest BCUT2D eigenvalue weighted by atomic mass is 10.0. The molecule has 0 saturated heterocycles. The third kappa shape index (κ3) is 1.64. The van der Waals surface area contributed by atoms with Crippen LogP contribution in [0.15, 0.2) is 41.0 Å². The molecule has 0 aliphatic carbocycles. The van der Waals surface area contributed by atoms with Gasteiger partial charge in [0.05, 0.1) is 6.26 Å². The fourth-order valence-corrected chi connectivity index (χ4v) is 1.56. The van der Waals surface area contributed by atoms with Gasteiger partial charge in [-0.25, -0.2) is 0 Å². The fourth-order valence-electron chi connectivity index (χ4n) is 1.56. The van der Waals surface area contributed by atoms with E-state index in [1.807, 2.05) is 37.3 Å². The summed E-state index contributed by atoms with van der Waals surface area (Å²) < 4.78 is 5.14. The van der Waals surface area contributed by atoms with Crippen LogP contribution in [-0.2, 0) is 0 Å². The monoisotopic (exact) mass is 201 g/mol. The topological polar surface area (TPSA) is 56.2 Å². The molecule has 2 aromatic rings. The third-order valence-corrected chi connectivity index (χ3v) is 2.35. The van der Waals surface area contributed by atoms with Gasteiger partial charge >= 0.3 is 0 Å². The van der Waals surface area contributed by atoms with Crippen LogP contribution in [0.3, 0.4) is 0 Å². The second kappa shape index (κ2) is 3.61. The lowest BCUT2D eigenvalue weighted by Gasteiger charge is -1.98. The van der Waals surface area contributed by atoms with Crippen molar-refractivity contribution < 1.29 is 9.21 Å². The minimum Gasteiger partial charge on any atom is -0.458 e. The Labute approximate surface area is 87.5 Å². The number of rotatable bonds is 2. The number of carbonyl (C=O) groups excluding carboxylic acids is 1. The molecule has 0 spiro atoms. The molecule has 15 heavy (non-hydrogen) atoms. The molecule has 1 aromatic heterocycles. The maximum atomic E-state index is 11.0. The Balaban J connectivity index is 2.52. The van der Waals surface area contributed by atoms with Crippen LogP contribution in [0.4, 0.5) is 0 Å². The highest BCUT2D eigenvalue weighted by Crippen LogP contribution is 2.26. The van der Waals surface area contributed by atoms with E-state index in [0.29, 0.717) is 0 Å². The summed E-state index contributed by atoms with van der Waals surface area (Å²) in [4.78, 5) is 11.0. The lowest BCUT2D eigenvalue weighted by molar-refractivity contribution is 0.0973. The van der Waals surface area contributed by atoms with Crippen molar-refractivity contribution in [3.63, 3.8) is 0 Å². The summed E-state index contributed by atoms with van der Waals surface area (Å²) in [5, 5.41) is 0. The van der Waals surface area contributed by atoms with Gasteiger partial charge in [-0.1, -0.05) is 30.3 Å². The average Bonchev–Trinajstić information content (AvgIpc) is 2.61. The van der Waals surface area contributed by atoms with Gasteiger partial charge in [0.2, 0.25) is 0 Å². The first-order valence-electron chi connectivity index (χ1n) is 4.63. The first-order valence-corrected chi connectivity index (χ1v) is 4.63. The van der Waals surface area contributed by atoms with Crippen molar-refractivity contribution in [3.8, 4) is 11.1 Å². The zero-order valence-corrected chi connectivity index (χ0v) is 8.36. The number of amides is 1. The number of hydrogen-bond acceptors (Lipinski definition) is 2. The minimum absolute atomic E-state index is 0.230. The fraction of sp³-hybridized carbons (Fsp3) is 0.0833. The summed E-state index contributed by atoms with van der Waals surface area (Å²) in [6.45, 7) is 1.83. The molecule has 1 aromatic carbocycles. The lowest BCUT2D eigenvalue weighted by Crippen LogP contribution is -2.10. The number of nitrogens with two attached hydrogens (primary N) is 1. The first-order chi connectivity index (χ1) is 7.20. The molecule has 0 unspecified atom stereocenters. The summed E-state index contributed by atoms with van der Waals surface area (Å²) in [5.74, 6) is -0.302. The Morgan fingerprint density at radius 3 is 2.47 bits per heavy atom. The van der Waals surface area contributed by atoms with E-state index < -0.39 is 5.91 Å². The van der Waals surface area contributed by atoms with Crippen molar-refractivity contribution in [1.29, 1.82) is 0 Å². The van der Waals surface area contributed by atoms with Crippen LogP contribution in [0.25, 0.3) is 11.1 Å². The Bertz CT molecular complexity index is 486. The SMILES string of the molecule is Cc1c(-c2ccccc2)coc1C(N)=O. The van der Waals surface area contributed by atoms with Gasteiger partial charge < -0.3 is 10.2 Å². The highest BCUT2D eigenvalue weighted by atomic mass is 16.3. The van der Waals surface area contributed by atoms with E-state index in [9.17, 15) is 4.79 Å². The number of furan rings is 1. The van der Waals surface area contributed by atoms with Crippen LogP contribution >= 0.6 is 0 Å². The van der Waals surface area contributed by atoms with E-state index in [4.69, 9.17) is 10.2 Å². The number of primary amides is 1. The molecular weight excluding hydrogens is 190 g/mol. The van der Waals surface area contributed by atoms with Crippen molar-refractivity contribution in [2.45, 2.75) is 6.92 Å². The molecule has 76 valence electrons. The van der Waals surface area contributed by atoms with E-state index >= 15 is 0 Å². The molecule has 0 atom stereocenters.